The Bertz CT molecular complexity index is 827. The van der Waals surface area contributed by atoms with E-state index in [0.717, 1.165) is 57.8 Å². The quantitative estimate of drug-likeness (QED) is 0.362. The van der Waals surface area contributed by atoms with Gasteiger partial charge in [-0.25, -0.2) is 0 Å². The number of carbonyl (C=O) groups excluding carboxylic acids is 3. The second-order valence-electron chi connectivity index (χ2n) is 11.8. The van der Waals surface area contributed by atoms with Crippen LogP contribution in [0.15, 0.2) is 11.6 Å². The number of ether oxygens (including phenoxy) is 1. The monoisotopic (exact) mass is 442 g/mol. The highest BCUT2D eigenvalue weighted by molar-refractivity contribution is 5.92. The van der Waals surface area contributed by atoms with Gasteiger partial charge in [-0.15, -0.1) is 0 Å². The Hall–Kier alpha value is -1.45. The molecule has 0 aromatic rings. The predicted octanol–water partition coefficient (Wildman–Crippen LogP) is 6.22. The number of allylic oxidation sites excluding steroid dienone is 1. The highest BCUT2D eigenvalue weighted by atomic mass is 16.6. The standard InChI is InChI=1S/C28H42O4/c1-6-7-8-9-25(31)32-28(19(3)29)18(2)16-24-22-11-10-20-17-21(30)12-14-26(20,4)23(22)13-15-27(24,28)5/h17-18,22-24H,6-16H2,1-5H3. The minimum atomic E-state index is -0.995. The Labute approximate surface area is 193 Å². The number of hydrogen-bond donors (Lipinski definition) is 0. The van der Waals surface area contributed by atoms with Crippen LogP contribution < -0.4 is 0 Å². The van der Waals surface area contributed by atoms with Crippen molar-refractivity contribution >= 4 is 17.5 Å². The Morgan fingerprint density at radius 3 is 2.53 bits per heavy atom. The van der Waals surface area contributed by atoms with E-state index in [2.05, 4.69) is 27.7 Å². The van der Waals surface area contributed by atoms with Gasteiger partial charge in [0.05, 0.1) is 0 Å². The molecule has 0 heterocycles. The molecule has 4 aliphatic carbocycles. The second-order valence-corrected chi connectivity index (χ2v) is 11.8. The van der Waals surface area contributed by atoms with Crippen molar-refractivity contribution in [2.75, 3.05) is 0 Å². The predicted molar refractivity (Wildman–Crippen MR) is 125 cm³/mol. The minimum absolute atomic E-state index is 0.0307. The molecule has 0 amide bonds. The largest absolute Gasteiger partial charge is 0.450 e. The van der Waals surface area contributed by atoms with Gasteiger partial charge in [0.15, 0.2) is 17.2 Å². The summed E-state index contributed by atoms with van der Waals surface area (Å²) in [7, 11) is 0. The lowest BCUT2D eigenvalue weighted by Gasteiger charge is -2.59. The molecule has 0 aliphatic heterocycles. The number of Topliss-reactive ketones (excluding diaryl/α,β-unsaturated/α-hetero) is 1. The summed E-state index contributed by atoms with van der Waals surface area (Å²) in [6.07, 6.45) is 11.9. The van der Waals surface area contributed by atoms with E-state index >= 15 is 0 Å². The number of unbranched alkanes of at least 4 members (excludes halogenated alkanes) is 2. The maximum atomic E-state index is 13.3. The molecule has 3 fully saturated rings. The maximum Gasteiger partial charge on any atom is 0.306 e. The zero-order valence-electron chi connectivity index (χ0n) is 20.8. The fourth-order valence-electron chi connectivity index (χ4n) is 8.67. The first-order valence-corrected chi connectivity index (χ1v) is 13.1. The third kappa shape index (κ3) is 3.34. The average molecular weight is 443 g/mol. The molecule has 0 aromatic heterocycles. The number of hydrogen-bond acceptors (Lipinski definition) is 4. The second kappa shape index (κ2) is 8.40. The van der Waals surface area contributed by atoms with Crippen molar-refractivity contribution < 1.29 is 19.1 Å². The summed E-state index contributed by atoms with van der Waals surface area (Å²) in [5.74, 6) is 1.65. The van der Waals surface area contributed by atoms with Gasteiger partial charge in [-0.1, -0.05) is 46.1 Å². The lowest BCUT2D eigenvalue weighted by molar-refractivity contribution is -0.194. The molecule has 0 spiro atoms. The Balaban J connectivity index is 1.64. The molecule has 7 unspecified atom stereocenters. The molecule has 4 heteroatoms. The molecule has 0 radical (unpaired) electrons. The third-order valence-electron chi connectivity index (χ3n) is 10.3. The first kappa shape index (κ1) is 23.7. The zero-order valence-corrected chi connectivity index (χ0v) is 20.8. The average Bonchev–Trinajstić information content (AvgIpc) is 2.96. The minimum Gasteiger partial charge on any atom is -0.450 e. The van der Waals surface area contributed by atoms with Gasteiger partial charge in [-0.05, 0) is 81.1 Å². The van der Waals surface area contributed by atoms with E-state index in [0.29, 0.717) is 30.6 Å². The van der Waals surface area contributed by atoms with Crippen LogP contribution in [-0.2, 0) is 19.1 Å². The molecule has 32 heavy (non-hydrogen) atoms. The molecule has 178 valence electrons. The molecule has 7 atom stereocenters. The topological polar surface area (TPSA) is 60.4 Å². The van der Waals surface area contributed by atoms with Crippen LogP contribution >= 0.6 is 0 Å². The van der Waals surface area contributed by atoms with Crippen LogP contribution in [0.4, 0.5) is 0 Å². The summed E-state index contributed by atoms with van der Waals surface area (Å²) in [6.45, 7) is 10.5. The van der Waals surface area contributed by atoms with Gasteiger partial charge < -0.3 is 4.74 Å². The van der Waals surface area contributed by atoms with E-state index < -0.39 is 5.60 Å². The SMILES string of the molecule is CCCCCC(=O)OC1(C(C)=O)C(C)CC2C3CCC4=CC(=O)CCC4(C)C3CCC21C. The number of carbonyl (C=O) groups is 3. The molecular weight excluding hydrogens is 400 g/mol. The lowest BCUT2D eigenvalue weighted by atomic mass is 9.46. The normalized spacial score (nSPS) is 43.0. The van der Waals surface area contributed by atoms with E-state index in [4.69, 9.17) is 4.74 Å². The molecule has 4 aliphatic rings. The molecular formula is C28H42O4. The van der Waals surface area contributed by atoms with Crippen molar-refractivity contribution in [2.24, 2.45) is 34.5 Å². The fourth-order valence-corrected chi connectivity index (χ4v) is 8.67. The van der Waals surface area contributed by atoms with E-state index in [1.807, 2.05) is 6.08 Å². The van der Waals surface area contributed by atoms with Crippen LogP contribution in [0.2, 0.25) is 0 Å². The van der Waals surface area contributed by atoms with Crippen molar-refractivity contribution in [3.63, 3.8) is 0 Å². The summed E-state index contributed by atoms with van der Waals surface area (Å²) in [6, 6.07) is 0. The molecule has 3 saturated carbocycles. The van der Waals surface area contributed by atoms with E-state index in [-0.39, 0.29) is 34.3 Å². The van der Waals surface area contributed by atoms with Gasteiger partial charge in [0.25, 0.3) is 0 Å². The number of ketones is 2. The van der Waals surface area contributed by atoms with Crippen molar-refractivity contribution in [1.29, 1.82) is 0 Å². The van der Waals surface area contributed by atoms with E-state index in [9.17, 15) is 14.4 Å². The van der Waals surface area contributed by atoms with E-state index in [1.165, 1.54) is 5.57 Å². The molecule has 0 saturated heterocycles. The lowest BCUT2D eigenvalue weighted by Crippen LogP contribution is -2.60. The third-order valence-corrected chi connectivity index (χ3v) is 10.3. The van der Waals surface area contributed by atoms with Crippen molar-refractivity contribution in [3.05, 3.63) is 11.6 Å². The van der Waals surface area contributed by atoms with Gasteiger partial charge >= 0.3 is 5.97 Å². The van der Waals surface area contributed by atoms with Gasteiger partial charge in [0, 0.05) is 24.2 Å². The van der Waals surface area contributed by atoms with Crippen LogP contribution in [0.3, 0.4) is 0 Å². The highest BCUT2D eigenvalue weighted by Crippen LogP contribution is 2.69. The number of esters is 1. The maximum absolute atomic E-state index is 13.3. The molecule has 0 N–H and O–H groups in total. The van der Waals surface area contributed by atoms with E-state index in [1.54, 1.807) is 6.92 Å². The molecule has 4 rings (SSSR count). The van der Waals surface area contributed by atoms with Gasteiger partial charge in [0.2, 0.25) is 0 Å². The van der Waals surface area contributed by atoms with Crippen molar-refractivity contribution in [1.82, 2.24) is 0 Å². The van der Waals surface area contributed by atoms with Crippen molar-refractivity contribution in [2.45, 2.75) is 111 Å². The fraction of sp³-hybridized carbons (Fsp3) is 0.821. The molecule has 4 nitrogen and oxygen atoms in total. The summed E-state index contributed by atoms with van der Waals surface area (Å²) in [4.78, 5) is 38.2. The first-order chi connectivity index (χ1) is 15.1. The summed E-state index contributed by atoms with van der Waals surface area (Å²) >= 11 is 0. The summed E-state index contributed by atoms with van der Waals surface area (Å²) in [5, 5.41) is 0. The first-order valence-electron chi connectivity index (χ1n) is 13.1. The highest BCUT2D eigenvalue weighted by Gasteiger charge is 2.70. The smallest absolute Gasteiger partial charge is 0.306 e. The summed E-state index contributed by atoms with van der Waals surface area (Å²) < 4.78 is 6.27. The van der Waals surface area contributed by atoms with Gasteiger partial charge in [-0.3, -0.25) is 14.4 Å². The van der Waals surface area contributed by atoms with Crippen LogP contribution in [0.5, 0.6) is 0 Å². The van der Waals surface area contributed by atoms with Gasteiger partial charge in [-0.2, -0.15) is 0 Å². The Morgan fingerprint density at radius 2 is 1.84 bits per heavy atom. The van der Waals surface area contributed by atoms with Crippen LogP contribution in [-0.4, -0.2) is 23.1 Å². The molecule has 0 bridgehead atoms. The zero-order chi connectivity index (χ0) is 23.3. The summed E-state index contributed by atoms with van der Waals surface area (Å²) in [5.41, 5.74) is 0.178. The van der Waals surface area contributed by atoms with Crippen LogP contribution in [0, 0.1) is 34.5 Å². The Kier molecular flexibility index (Phi) is 6.22. The number of fused-ring (bicyclic) bond motifs is 5. The Morgan fingerprint density at radius 1 is 1.09 bits per heavy atom. The number of rotatable bonds is 6. The molecule has 0 aromatic carbocycles. The van der Waals surface area contributed by atoms with Gasteiger partial charge in [0.1, 0.15) is 0 Å². The van der Waals surface area contributed by atoms with Crippen LogP contribution in [0.1, 0.15) is 105 Å². The van der Waals surface area contributed by atoms with Crippen molar-refractivity contribution in [3.8, 4) is 0 Å². The van der Waals surface area contributed by atoms with Crippen LogP contribution in [0.25, 0.3) is 0 Å².